The second-order valence-electron chi connectivity index (χ2n) is 3.40. The number of rotatable bonds is 3. The molecule has 84 valence electrons. The highest BCUT2D eigenvalue weighted by atomic mass is 16.7. The van der Waals surface area contributed by atoms with Crippen LogP contribution in [-0.4, -0.2) is 30.0 Å². The molecule has 0 saturated heterocycles. The van der Waals surface area contributed by atoms with E-state index >= 15 is 0 Å². The van der Waals surface area contributed by atoms with Gasteiger partial charge in [0.25, 0.3) is 0 Å². The number of carboxylic acids is 1. The van der Waals surface area contributed by atoms with Gasteiger partial charge in [-0.1, -0.05) is 5.16 Å². The number of carboxylic acid groups (broad SMARTS) is 1. The van der Waals surface area contributed by atoms with Crippen LogP contribution in [0.4, 0.5) is 0 Å². The van der Waals surface area contributed by atoms with E-state index in [1.54, 1.807) is 19.2 Å². The Labute approximate surface area is 92.3 Å². The van der Waals surface area contributed by atoms with E-state index in [0.717, 1.165) is 11.3 Å². The van der Waals surface area contributed by atoms with Gasteiger partial charge in [-0.25, -0.2) is 4.79 Å². The SMILES string of the molecule is COc1ccc(C2=NOC(C(=O)O)C2)cc1. The van der Waals surface area contributed by atoms with Gasteiger partial charge in [-0.3, -0.25) is 0 Å². The molecule has 1 atom stereocenters. The fourth-order valence-corrected chi connectivity index (χ4v) is 1.46. The third-order valence-corrected chi connectivity index (χ3v) is 2.37. The van der Waals surface area contributed by atoms with Gasteiger partial charge in [-0.2, -0.15) is 0 Å². The van der Waals surface area contributed by atoms with Crippen molar-refractivity contribution in [3.05, 3.63) is 29.8 Å². The summed E-state index contributed by atoms with van der Waals surface area (Å²) < 4.78 is 5.03. The van der Waals surface area contributed by atoms with E-state index in [0.29, 0.717) is 12.1 Å². The minimum Gasteiger partial charge on any atom is -0.497 e. The Balaban J connectivity index is 2.11. The van der Waals surface area contributed by atoms with Gasteiger partial charge < -0.3 is 14.7 Å². The maximum atomic E-state index is 10.7. The lowest BCUT2D eigenvalue weighted by atomic mass is 10.1. The molecule has 1 N–H and O–H groups in total. The average Bonchev–Trinajstić information content (AvgIpc) is 2.78. The predicted molar refractivity (Wildman–Crippen MR) is 56.7 cm³/mol. The second kappa shape index (κ2) is 4.22. The number of nitrogens with zero attached hydrogens (tertiary/aromatic N) is 1. The Morgan fingerprint density at radius 1 is 1.50 bits per heavy atom. The molecule has 0 saturated carbocycles. The Morgan fingerprint density at radius 3 is 2.69 bits per heavy atom. The fourth-order valence-electron chi connectivity index (χ4n) is 1.46. The van der Waals surface area contributed by atoms with Crippen molar-refractivity contribution in [2.45, 2.75) is 12.5 Å². The fraction of sp³-hybridized carbons (Fsp3) is 0.273. The van der Waals surface area contributed by atoms with E-state index in [1.165, 1.54) is 0 Å². The summed E-state index contributed by atoms with van der Waals surface area (Å²) in [5.74, 6) is -0.245. The van der Waals surface area contributed by atoms with E-state index in [2.05, 4.69) is 5.16 Å². The minimum atomic E-state index is -0.993. The normalized spacial score (nSPS) is 18.8. The Bertz CT molecular complexity index is 424. The zero-order chi connectivity index (χ0) is 11.5. The van der Waals surface area contributed by atoms with Crippen LogP contribution in [0.15, 0.2) is 29.4 Å². The number of hydrogen-bond acceptors (Lipinski definition) is 4. The molecule has 5 heteroatoms. The predicted octanol–water partition coefficient (Wildman–Crippen LogP) is 1.27. The van der Waals surface area contributed by atoms with Crippen LogP contribution in [0.3, 0.4) is 0 Å². The molecule has 0 amide bonds. The number of aliphatic carboxylic acids is 1. The van der Waals surface area contributed by atoms with Gasteiger partial charge in [0.1, 0.15) is 5.75 Å². The van der Waals surface area contributed by atoms with Gasteiger partial charge in [-0.15, -0.1) is 0 Å². The summed E-state index contributed by atoms with van der Waals surface area (Å²) >= 11 is 0. The highest BCUT2D eigenvalue weighted by Gasteiger charge is 2.28. The quantitative estimate of drug-likeness (QED) is 0.834. The molecule has 0 fully saturated rings. The number of carbonyl (C=O) groups is 1. The average molecular weight is 221 g/mol. The lowest BCUT2D eigenvalue weighted by Gasteiger charge is -2.02. The first-order chi connectivity index (χ1) is 7.70. The molecule has 0 aliphatic carbocycles. The van der Waals surface area contributed by atoms with Crippen molar-refractivity contribution in [3.63, 3.8) is 0 Å². The first-order valence-corrected chi connectivity index (χ1v) is 4.80. The van der Waals surface area contributed by atoms with Crippen LogP contribution < -0.4 is 4.74 Å². The first kappa shape index (κ1) is 10.5. The van der Waals surface area contributed by atoms with E-state index in [-0.39, 0.29) is 0 Å². The summed E-state index contributed by atoms with van der Waals surface area (Å²) in [5, 5.41) is 12.5. The molecule has 0 spiro atoms. The van der Waals surface area contributed by atoms with Gasteiger partial charge in [-0.05, 0) is 29.8 Å². The third kappa shape index (κ3) is 1.98. The van der Waals surface area contributed by atoms with Crippen LogP contribution in [0.1, 0.15) is 12.0 Å². The lowest BCUT2D eigenvalue weighted by molar-refractivity contribution is -0.148. The monoisotopic (exact) mass is 221 g/mol. The van der Waals surface area contributed by atoms with Crippen LogP contribution in [-0.2, 0) is 9.63 Å². The Morgan fingerprint density at radius 2 is 2.19 bits per heavy atom. The number of benzene rings is 1. The standard InChI is InChI=1S/C11H11NO4/c1-15-8-4-2-7(3-5-8)9-6-10(11(13)14)16-12-9/h2-5,10H,6H2,1H3,(H,13,14). The zero-order valence-corrected chi connectivity index (χ0v) is 8.71. The molecule has 0 radical (unpaired) electrons. The topological polar surface area (TPSA) is 68.1 Å². The summed E-state index contributed by atoms with van der Waals surface area (Å²) in [7, 11) is 1.59. The van der Waals surface area contributed by atoms with Crippen molar-refractivity contribution < 1.29 is 19.5 Å². The zero-order valence-electron chi connectivity index (χ0n) is 8.71. The molecule has 1 aromatic rings. The molecule has 1 heterocycles. The Hall–Kier alpha value is -2.04. The smallest absolute Gasteiger partial charge is 0.348 e. The summed E-state index contributed by atoms with van der Waals surface area (Å²) in [6.45, 7) is 0. The van der Waals surface area contributed by atoms with Crippen LogP contribution >= 0.6 is 0 Å². The summed E-state index contributed by atoms with van der Waals surface area (Å²) in [4.78, 5) is 15.5. The summed E-state index contributed by atoms with van der Waals surface area (Å²) in [6.07, 6.45) is -0.570. The molecule has 2 rings (SSSR count). The van der Waals surface area contributed by atoms with Crippen LogP contribution in [0, 0.1) is 0 Å². The van der Waals surface area contributed by atoms with E-state index in [4.69, 9.17) is 14.7 Å². The van der Waals surface area contributed by atoms with Gasteiger partial charge in [0.2, 0.25) is 6.10 Å². The number of ether oxygens (including phenoxy) is 1. The van der Waals surface area contributed by atoms with Gasteiger partial charge in [0, 0.05) is 6.42 Å². The summed E-state index contributed by atoms with van der Waals surface area (Å²) in [5.41, 5.74) is 1.50. The number of oxime groups is 1. The van der Waals surface area contributed by atoms with E-state index in [9.17, 15) is 4.79 Å². The van der Waals surface area contributed by atoms with E-state index < -0.39 is 12.1 Å². The van der Waals surface area contributed by atoms with Crippen LogP contribution in [0.25, 0.3) is 0 Å². The van der Waals surface area contributed by atoms with Crippen molar-refractivity contribution in [1.29, 1.82) is 0 Å². The number of hydrogen-bond donors (Lipinski definition) is 1. The minimum absolute atomic E-state index is 0.293. The highest BCUT2D eigenvalue weighted by molar-refractivity contribution is 6.03. The molecule has 0 bridgehead atoms. The second-order valence-corrected chi connectivity index (χ2v) is 3.40. The van der Waals surface area contributed by atoms with Crippen LogP contribution in [0.5, 0.6) is 5.75 Å². The van der Waals surface area contributed by atoms with Crippen molar-refractivity contribution in [2.75, 3.05) is 7.11 Å². The molecule has 5 nitrogen and oxygen atoms in total. The lowest BCUT2D eigenvalue weighted by Crippen LogP contribution is -2.19. The highest BCUT2D eigenvalue weighted by Crippen LogP contribution is 2.19. The largest absolute Gasteiger partial charge is 0.497 e. The van der Waals surface area contributed by atoms with Crippen molar-refractivity contribution in [3.8, 4) is 5.75 Å². The summed E-state index contributed by atoms with van der Waals surface area (Å²) in [6, 6.07) is 7.24. The van der Waals surface area contributed by atoms with Crippen LogP contribution in [0.2, 0.25) is 0 Å². The third-order valence-electron chi connectivity index (χ3n) is 2.37. The molecular formula is C11H11NO4. The molecule has 1 aromatic carbocycles. The van der Waals surface area contributed by atoms with Gasteiger partial charge in [0.05, 0.1) is 12.8 Å². The van der Waals surface area contributed by atoms with Gasteiger partial charge in [0.15, 0.2) is 0 Å². The molecular weight excluding hydrogens is 210 g/mol. The molecule has 1 aliphatic heterocycles. The Kier molecular flexibility index (Phi) is 2.76. The van der Waals surface area contributed by atoms with Crippen molar-refractivity contribution in [2.24, 2.45) is 5.16 Å². The number of methoxy groups -OCH3 is 1. The molecule has 0 aromatic heterocycles. The van der Waals surface area contributed by atoms with Crippen molar-refractivity contribution in [1.82, 2.24) is 0 Å². The van der Waals surface area contributed by atoms with E-state index in [1.807, 2.05) is 12.1 Å². The maximum absolute atomic E-state index is 10.7. The first-order valence-electron chi connectivity index (χ1n) is 4.80. The maximum Gasteiger partial charge on any atom is 0.348 e. The molecule has 1 unspecified atom stereocenters. The van der Waals surface area contributed by atoms with Gasteiger partial charge >= 0.3 is 5.97 Å². The molecule has 1 aliphatic rings. The van der Waals surface area contributed by atoms with Crippen molar-refractivity contribution >= 4 is 11.7 Å². The molecule has 16 heavy (non-hydrogen) atoms.